The summed E-state index contributed by atoms with van der Waals surface area (Å²) in [4.78, 5) is 20.7. The normalized spacial score (nSPS) is 11.3. The van der Waals surface area contributed by atoms with Gasteiger partial charge in [0.2, 0.25) is 0 Å². The number of fused-ring (bicyclic) bond motifs is 3. The minimum absolute atomic E-state index is 0.618. The van der Waals surface area contributed by atoms with Crippen LogP contribution in [0.25, 0.3) is 89.4 Å². The third-order valence-corrected chi connectivity index (χ3v) is 13.9. The molecule has 0 bridgehead atoms. The van der Waals surface area contributed by atoms with Crippen LogP contribution in [0.1, 0.15) is 0 Å². The van der Waals surface area contributed by atoms with Gasteiger partial charge in [-0.2, -0.15) is 0 Å². The van der Waals surface area contributed by atoms with Gasteiger partial charge in [-0.25, -0.2) is 19.9 Å². The molecule has 0 aliphatic rings. The summed E-state index contributed by atoms with van der Waals surface area (Å²) in [6.45, 7) is 0. The highest BCUT2D eigenvalue weighted by atomic mass is 31.1. The molecule has 0 radical (unpaired) electrons. The van der Waals surface area contributed by atoms with Crippen molar-refractivity contribution >= 4 is 45.5 Å². The summed E-state index contributed by atoms with van der Waals surface area (Å²) in [7, 11) is -0.743. The van der Waals surface area contributed by atoms with E-state index < -0.39 is 7.92 Å². The van der Waals surface area contributed by atoms with Crippen LogP contribution < -0.4 is 15.9 Å². The first-order chi connectivity index (χ1) is 31.2. The van der Waals surface area contributed by atoms with Crippen LogP contribution >= 0.6 is 7.92 Å². The molecule has 296 valence electrons. The van der Waals surface area contributed by atoms with E-state index in [1.165, 1.54) is 32.4 Å². The van der Waals surface area contributed by atoms with E-state index in [0.29, 0.717) is 17.5 Å². The van der Waals surface area contributed by atoms with Crippen LogP contribution in [0.3, 0.4) is 0 Å². The third-order valence-electron chi connectivity index (χ3n) is 11.5. The van der Waals surface area contributed by atoms with Crippen LogP contribution in [0.4, 0.5) is 0 Å². The van der Waals surface area contributed by atoms with Crippen molar-refractivity contribution in [3.8, 4) is 67.7 Å². The van der Waals surface area contributed by atoms with E-state index >= 15 is 0 Å². The highest BCUT2D eigenvalue weighted by Gasteiger charge is 2.19. The van der Waals surface area contributed by atoms with Gasteiger partial charge in [0.15, 0.2) is 17.5 Å². The second-order valence-electron chi connectivity index (χ2n) is 15.5. The second kappa shape index (κ2) is 16.9. The first-order valence-electron chi connectivity index (χ1n) is 21.1. The number of hydrogen-bond donors (Lipinski definition) is 0. The number of benzene rings is 9. The van der Waals surface area contributed by atoms with Gasteiger partial charge >= 0.3 is 0 Å². The minimum atomic E-state index is -0.743. The highest BCUT2D eigenvalue weighted by molar-refractivity contribution is 7.79. The van der Waals surface area contributed by atoms with E-state index in [-0.39, 0.29) is 0 Å². The molecule has 0 amide bonds. The largest absolute Gasteiger partial charge is 0.247 e. The van der Waals surface area contributed by atoms with Gasteiger partial charge in [0.25, 0.3) is 0 Å². The molecule has 0 spiro atoms. The number of pyridine rings is 1. The maximum Gasteiger partial charge on any atom is 0.164 e. The summed E-state index contributed by atoms with van der Waals surface area (Å²) in [5.74, 6) is 1.88. The highest BCUT2D eigenvalue weighted by Crippen LogP contribution is 2.40. The van der Waals surface area contributed by atoms with Crippen molar-refractivity contribution in [2.75, 3.05) is 0 Å². The van der Waals surface area contributed by atoms with Crippen LogP contribution in [0.2, 0.25) is 0 Å². The average molecular weight is 823 g/mol. The van der Waals surface area contributed by atoms with Gasteiger partial charge in [-0.1, -0.05) is 218 Å². The summed E-state index contributed by atoms with van der Waals surface area (Å²) in [5.41, 5.74) is 10.3. The molecule has 0 atom stereocenters. The first kappa shape index (κ1) is 38.0. The fraction of sp³-hybridized carbons (Fsp3) is 0. The number of rotatable bonds is 9. The molecule has 2 heterocycles. The molecule has 5 heteroatoms. The van der Waals surface area contributed by atoms with Crippen molar-refractivity contribution in [3.05, 3.63) is 237 Å². The van der Waals surface area contributed by atoms with E-state index in [1.807, 2.05) is 18.2 Å². The first-order valence-corrected chi connectivity index (χ1v) is 22.5. The summed E-state index contributed by atoms with van der Waals surface area (Å²) < 4.78 is 0. The van der Waals surface area contributed by atoms with E-state index in [2.05, 4.69) is 218 Å². The van der Waals surface area contributed by atoms with Crippen LogP contribution in [0, 0.1) is 0 Å². The summed E-state index contributed by atoms with van der Waals surface area (Å²) in [5, 5.41) is 7.30. The van der Waals surface area contributed by atoms with Crippen LogP contribution in [-0.2, 0) is 0 Å². The predicted octanol–water partition coefficient (Wildman–Crippen LogP) is 13.3. The Kier molecular flexibility index (Phi) is 10.2. The van der Waals surface area contributed by atoms with Crippen molar-refractivity contribution in [1.29, 1.82) is 0 Å². The van der Waals surface area contributed by atoms with E-state index in [4.69, 9.17) is 19.9 Å². The SMILES string of the molecule is c1ccc(-c2nc(-c3ccc(P(c4ccccc4)c4ccccc4)cc3)nc(-c3cccc(-c4ccc5nc(-c6ccccc6)c6cccc(-c7ccccc7)c6c5c4)c3)n2)cc1. The Hall–Kier alpha value is -7.91. The Morgan fingerprint density at radius 2 is 0.714 bits per heavy atom. The molecule has 11 aromatic rings. The molecule has 11 rings (SSSR count). The third kappa shape index (κ3) is 7.59. The fourth-order valence-corrected chi connectivity index (χ4v) is 10.7. The van der Waals surface area contributed by atoms with E-state index in [1.54, 1.807) is 0 Å². The van der Waals surface area contributed by atoms with Crippen molar-refractivity contribution < 1.29 is 0 Å². The Bertz CT molecular complexity index is 3320. The molecule has 0 unspecified atom stereocenters. The zero-order chi connectivity index (χ0) is 42.0. The maximum absolute atomic E-state index is 5.31. The standard InChI is InChI=1S/C58H39N4P/c1-6-18-40(19-7-1)50-30-17-31-51-54(50)52-39-45(34-37-53(52)59-55(51)41-20-8-2-9-21-41)44-24-16-25-46(38-44)58-61-56(42-22-10-3-11-23-42)60-57(62-58)43-32-35-49(36-33-43)63(47-26-12-4-13-27-47)48-28-14-5-15-29-48/h1-39H. The second-order valence-corrected chi connectivity index (χ2v) is 17.7. The smallest absolute Gasteiger partial charge is 0.164 e. The molecule has 9 aromatic carbocycles. The zero-order valence-electron chi connectivity index (χ0n) is 34.3. The van der Waals surface area contributed by atoms with Crippen LogP contribution in [0.15, 0.2) is 237 Å². The number of hydrogen-bond acceptors (Lipinski definition) is 4. The fourth-order valence-electron chi connectivity index (χ4n) is 8.46. The lowest BCUT2D eigenvalue weighted by molar-refractivity contribution is 1.07. The van der Waals surface area contributed by atoms with Crippen LogP contribution in [0.5, 0.6) is 0 Å². The molecule has 0 N–H and O–H groups in total. The quantitative estimate of drug-likeness (QED) is 0.107. The molecule has 0 saturated heterocycles. The molecule has 2 aromatic heterocycles. The Balaban J connectivity index is 1.02. The van der Waals surface area contributed by atoms with Gasteiger partial charge in [0.1, 0.15) is 0 Å². The van der Waals surface area contributed by atoms with Gasteiger partial charge in [-0.3, -0.25) is 0 Å². The van der Waals surface area contributed by atoms with Gasteiger partial charge in [-0.05, 0) is 64.3 Å². The molecule has 0 fully saturated rings. The summed E-state index contributed by atoms with van der Waals surface area (Å²) in [6, 6.07) is 83.3. The lowest BCUT2D eigenvalue weighted by Gasteiger charge is -2.19. The number of nitrogens with zero attached hydrogens (tertiary/aromatic N) is 4. The molecular weight excluding hydrogens is 784 g/mol. The summed E-state index contributed by atoms with van der Waals surface area (Å²) >= 11 is 0. The Morgan fingerprint density at radius 1 is 0.270 bits per heavy atom. The molecule has 4 nitrogen and oxygen atoms in total. The average Bonchev–Trinajstić information content (AvgIpc) is 3.37. The van der Waals surface area contributed by atoms with Crippen molar-refractivity contribution in [1.82, 2.24) is 19.9 Å². The molecule has 0 aliphatic carbocycles. The summed E-state index contributed by atoms with van der Waals surface area (Å²) in [6.07, 6.45) is 0. The zero-order valence-corrected chi connectivity index (χ0v) is 35.1. The van der Waals surface area contributed by atoms with E-state index in [9.17, 15) is 0 Å². The predicted molar refractivity (Wildman–Crippen MR) is 264 cm³/mol. The maximum atomic E-state index is 5.31. The van der Waals surface area contributed by atoms with Gasteiger partial charge in [-0.15, -0.1) is 0 Å². The number of aromatic nitrogens is 4. The van der Waals surface area contributed by atoms with Crippen molar-refractivity contribution in [2.45, 2.75) is 0 Å². The van der Waals surface area contributed by atoms with Crippen molar-refractivity contribution in [3.63, 3.8) is 0 Å². The van der Waals surface area contributed by atoms with Gasteiger partial charge in [0, 0.05) is 38.4 Å². The van der Waals surface area contributed by atoms with Crippen LogP contribution in [-0.4, -0.2) is 19.9 Å². The van der Waals surface area contributed by atoms with Crippen molar-refractivity contribution in [2.24, 2.45) is 0 Å². The monoisotopic (exact) mass is 822 g/mol. The van der Waals surface area contributed by atoms with E-state index in [0.717, 1.165) is 55.4 Å². The Morgan fingerprint density at radius 3 is 1.33 bits per heavy atom. The topological polar surface area (TPSA) is 51.6 Å². The Labute approximate surface area is 368 Å². The molecule has 63 heavy (non-hydrogen) atoms. The lowest BCUT2D eigenvalue weighted by atomic mass is 9.91. The lowest BCUT2D eigenvalue weighted by Crippen LogP contribution is -2.20. The van der Waals surface area contributed by atoms with Gasteiger partial charge < -0.3 is 0 Å². The van der Waals surface area contributed by atoms with Gasteiger partial charge in [0.05, 0.1) is 11.2 Å². The minimum Gasteiger partial charge on any atom is -0.247 e. The molecular formula is C58H39N4P. The molecule has 0 saturated carbocycles. The molecule has 0 aliphatic heterocycles.